The average Bonchev–Trinajstić information content (AvgIpc) is 2.38. The highest BCUT2D eigenvalue weighted by Crippen LogP contribution is 2.31. The van der Waals surface area contributed by atoms with Gasteiger partial charge < -0.3 is 10.1 Å². The molecular formula is C14H19NO2. The monoisotopic (exact) mass is 233 g/mol. The van der Waals surface area contributed by atoms with Crippen LogP contribution >= 0.6 is 0 Å². The van der Waals surface area contributed by atoms with Gasteiger partial charge in [-0.15, -0.1) is 0 Å². The lowest BCUT2D eigenvalue weighted by Gasteiger charge is -2.24. The zero-order chi connectivity index (χ0) is 12.1. The van der Waals surface area contributed by atoms with Crippen molar-refractivity contribution in [2.24, 2.45) is 0 Å². The van der Waals surface area contributed by atoms with E-state index in [-0.39, 0.29) is 11.8 Å². The molecule has 1 atom stereocenters. The maximum absolute atomic E-state index is 12.1. The molecule has 0 aliphatic heterocycles. The molecule has 0 radical (unpaired) electrons. The number of ether oxygens (including phenoxy) is 1. The van der Waals surface area contributed by atoms with Gasteiger partial charge in [-0.3, -0.25) is 4.79 Å². The number of nitrogens with one attached hydrogen (secondary N) is 1. The van der Waals surface area contributed by atoms with Crippen LogP contribution in [-0.4, -0.2) is 26.2 Å². The Hall–Kier alpha value is -1.35. The first-order chi connectivity index (χ1) is 8.33. The summed E-state index contributed by atoms with van der Waals surface area (Å²) >= 11 is 0. The fourth-order valence-corrected chi connectivity index (χ4v) is 2.43. The second-order valence-electron chi connectivity index (χ2n) is 4.43. The molecule has 0 spiro atoms. The Bertz CT molecular complexity index is 390. The van der Waals surface area contributed by atoms with Crippen molar-refractivity contribution < 1.29 is 9.53 Å². The van der Waals surface area contributed by atoms with Crippen LogP contribution in [-0.2, 0) is 16.0 Å². The molecule has 1 aromatic rings. The van der Waals surface area contributed by atoms with Crippen molar-refractivity contribution >= 4 is 5.91 Å². The van der Waals surface area contributed by atoms with E-state index in [9.17, 15) is 4.79 Å². The van der Waals surface area contributed by atoms with Crippen molar-refractivity contribution in [3.63, 3.8) is 0 Å². The van der Waals surface area contributed by atoms with Crippen molar-refractivity contribution in [3.8, 4) is 0 Å². The number of amides is 1. The topological polar surface area (TPSA) is 38.3 Å². The normalized spacial score (nSPS) is 18.5. The second-order valence-corrected chi connectivity index (χ2v) is 4.43. The van der Waals surface area contributed by atoms with Gasteiger partial charge in [0, 0.05) is 13.7 Å². The van der Waals surface area contributed by atoms with Crippen LogP contribution in [0.3, 0.4) is 0 Å². The number of benzene rings is 1. The van der Waals surface area contributed by atoms with Crippen LogP contribution in [0, 0.1) is 0 Å². The molecule has 0 heterocycles. The molecule has 17 heavy (non-hydrogen) atoms. The van der Waals surface area contributed by atoms with Crippen LogP contribution in [0.1, 0.15) is 29.9 Å². The van der Waals surface area contributed by atoms with E-state index in [0.29, 0.717) is 13.2 Å². The molecule has 0 saturated carbocycles. The standard InChI is InChI=1S/C14H19NO2/c1-17-10-9-15-14(16)13-8-4-6-11-5-2-3-7-12(11)13/h2-3,5,7,13H,4,6,8-10H2,1H3,(H,15,16)/t13-/m1/s1. The molecule has 0 saturated heterocycles. The Balaban J connectivity index is 2.05. The van der Waals surface area contributed by atoms with Gasteiger partial charge in [0.25, 0.3) is 0 Å². The minimum Gasteiger partial charge on any atom is -0.383 e. The number of aryl methyl sites for hydroxylation is 1. The molecule has 1 aromatic carbocycles. The van der Waals surface area contributed by atoms with E-state index in [1.54, 1.807) is 7.11 Å². The van der Waals surface area contributed by atoms with Crippen LogP contribution in [0.5, 0.6) is 0 Å². The second kappa shape index (κ2) is 5.82. The van der Waals surface area contributed by atoms with Gasteiger partial charge in [0.1, 0.15) is 0 Å². The molecule has 92 valence electrons. The quantitative estimate of drug-likeness (QED) is 0.806. The summed E-state index contributed by atoms with van der Waals surface area (Å²) in [6.45, 7) is 1.16. The highest BCUT2D eigenvalue weighted by atomic mass is 16.5. The first kappa shape index (κ1) is 12.1. The lowest BCUT2D eigenvalue weighted by atomic mass is 9.82. The summed E-state index contributed by atoms with van der Waals surface area (Å²) in [7, 11) is 1.64. The molecular weight excluding hydrogens is 214 g/mol. The minimum atomic E-state index is 0.0248. The fourth-order valence-electron chi connectivity index (χ4n) is 2.43. The third kappa shape index (κ3) is 2.86. The molecule has 3 nitrogen and oxygen atoms in total. The smallest absolute Gasteiger partial charge is 0.227 e. The summed E-state index contributed by atoms with van der Waals surface area (Å²) < 4.78 is 4.93. The van der Waals surface area contributed by atoms with Gasteiger partial charge in [0.15, 0.2) is 0 Å². The number of carbonyl (C=O) groups excluding carboxylic acids is 1. The summed E-state index contributed by atoms with van der Waals surface area (Å²) in [6, 6.07) is 8.27. The van der Waals surface area contributed by atoms with Gasteiger partial charge in [-0.05, 0) is 30.4 Å². The van der Waals surface area contributed by atoms with E-state index in [1.807, 2.05) is 12.1 Å². The molecule has 1 aliphatic carbocycles. The zero-order valence-corrected chi connectivity index (χ0v) is 10.2. The summed E-state index contributed by atoms with van der Waals surface area (Å²) in [5, 5.41) is 2.93. The summed E-state index contributed by atoms with van der Waals surface area (Å²) in [5.74, 6) is 0.158. The Morgan fingerprint density at radius 2 is 2.29 bits per heavy atom. The minimum absolute atomic E-state index is 0.0248. The third-order valence-corrected chi connectivity index (χ3v) is 3.29. The van der Waals surface area contributed by atoms with Crippen LogP contribution in [0.2, 0.25) is 0 Å². The van der Waals surface area contributed by atoms with Crippen LogP contribution in [0.15, 0.2) is 24.3 Å². The first-order valence-corrected chi connectivity index (χ1v) is 6.17. The Morgan fingerprint density at radius 3 is 3.12 bits per heavy atom. The van der Waals surface area contributed by atoms with Crippen molar-refractivity contribution in [1.29, 1.82) is 0 Å². The van der Waals surface area contributed by atoms with Crippen molar-refractivity contribution in [3.05, 3.63) is 35.4 Å². The van der Waals surface area contributed by atoms with E-state index >= 15 is 0 Å². The highest BCUT2D eigenvalue weighted by molar-refractivity contribution is 5.84. The highest BCUT2D eigenvalue weighted by Gasteiger charge is 2.25. The van der Waals surface area contributed by atoms with Crippen LogP contribution in [0.25, 0.3) is 0 Å². The van der Waals surface area contributed by atoms with Gasteiger partial charge in [-0.2, -0.15) is 0 Å². The molecule has 1 aliphatic rings. The maximum atomic E-state index is 12.1. The molecule has 3 heteroatoms. The van der Waals surface area contributed by atoms with Gasteiger partial charge in [0.2, 0.25) is 5.91 Å². The number of hydrogen-bond donors (Lipinski definition) is 1. The SMILES string of the molecule is COCCNC(=O)[C@@H]1CCCc2ccccc21. The average molecular weight is 233 g/mol. The van der Waals surface area contributed by atoms with Gasteiger partial charge in [0.05, 0.1) is 12.5 Å². The zero-order valence-electron chi connectivity index (χ0n) is 10.2. The lowest BCUT2D eigenvalue weighted by molar-refractivity contribution is -0.123. The summed E-state index contributed by atoms with van der Waals surface area (Å²) in [6.07, 6.45) is 3.15. The lowest BCUT2D eigenvalue weighted by Crippen LogP contribution is -2.33. The molecule has 1 amide bonds. The van der Waals surface area contributed by atoms with E-state index in [4.69, 9.17) is 4.74 Å². The van der Waals surface area contributed by atoms with Crippen molar-refractivity contribution in [2.45, 2.75) is 25.2 Å². The van der Waals surface area contributed by atoms with Crippen molar-refractivity contribution in [1.82, 2.24) is 5.32 Å². The van der Waals surface area contributed by atoms with Crippen LogP contribution in [0.4, 0.5) is 0 Å². The fraction of sp³-hybridized carbons (Fsp3) is 0.500. The predicted octanol–water partition coefficient (Wildman–Crippen LogP) is 1.87. The van der Waals surface area contributed by atoms with Gasteiger partial charge in [-0.25, -0.2) is 0 Å². The molecule has 0 aromatic heterocycles. The number of rotatable bonds is 4. The number of fused-ring (bicyclic) bond motifs is 1. The summed E-state index contributed by atoms with van der Waals surface area (Å²) in [5.41, 5.74) is 2.53. The molecule has 1 N–H and O–H groups in total. The Kier molecular flexibility index (Phi) is 4.15. The summed E-state index contributed by atoms with van der Waals surface area (Å²) in [4.78, 5) is 12.1. The van der Waals surface area contributed by atoms with E-state index in [0.717, 1.165) is 19.3 Å². The Morgan fingerprint density at radius 1 is 1.47 bits per heavy atom. The van der Waals surface area contributed by atoms with Gasteiger partial charge in [-0.1, -0.05) is 24.3 Å². The van der Waals surface area contributed by atoms with Gasteiger partial charge >= 0.3 is 0 Å². The predicted molar refractivity (Wildman–Crippen MR) is 67.0 cm³/mol. The largest absolute Gasteiger partial charge is 0.383 e. The van der Waals surface area contributed by atoms with Crippen LogP contribution < -0.4 is 5.32 Å². The third-order valence-electron chi connectivity index (χ3n) is 3.29. The number of methoxy groups -OCH3 is 1. The number of hydrogen-bond acceptors (Lipinski definition) is 2. The maximum Gasteiger partial charge on any atom is 0.227 e. The van der Waals surface area contributed by atoms with Crippen molar-refractivity contribution in [2.75, 3.05) is 20.3 Å². The molecule has 0 bridgehead atoms. The number of carbonyl (C=O) groups is 1. The molecule has 0 unspecified atom stereocenters. The molecule has 2 rings (SSSR count). The Labute approximate surface area is 102 Å². The first-order valence-electron chi connectivity index (χ1n) is 6.17. The van der Waals surface area contributed by atoms with E-state index in [2.05, 4.69) is 17.4 Å². The molecule has 0 fully saturated rings. The van der Waals surface area contributed by atoms with E-state index in [1.165, 1.54) is 11.1 Å². The van der Waals surface area contributed by atoms with E-state index < -0.39 is 0 Å².